The lowest BCUT2D eigenvalue weighted by molar-refractivity contribution is 0.102. The molecule has 184 valence electrons. The number of halogens is 3. The van der Waals surface area contributed by atoms with Gasteiger partial charge in [-0.25, -0.2) is 18.9 Å². The van der Waals surface area contributed by atoms with Crippen molar-refractivity contribution < 1.29 is 23.1 Å². The van der Waals surface area contributed by atoms with Gasteiger partial charge in [0.15, 0.2) is 22.4 Å². The van der Waals surface area contributed by atoms with E-state index in [0.29, 0.717) is 17.6 Å². The highest BCUT2D eigenvalue weighted by Gasteiger charge is 2.21. The Balaban J connectivity index is 1.45. The molecule has 0 radical (unpaired) electrons. The number of aryl methyl sites for hydroxylation is 1. The Hall–Kier alpha value is -4.59. The Morgan fingerprint density at radius 3 is 2.56 bits per heavy atom. The number of carbonyl (C=O) groups excluding carboxylic acids is 2. The number of nitrogens with zero attached hydrogens (tertiary/aromatic N) is 7. The van der Waals surface area contributed by atoms with Gasteiger partial charge in [0.05, 0.1) is 29.3 Å². The van der Waals surface area contributed by atoms with E-state index < -0.39 is 29.9 Å². The Morgan fingerprint density at radius 2 is 1.86 bits per heavy atom. The van der Waals surface area contributed by atoms with Crippen LogP contribution in [-0.4, -0.2) is 47.2 Å². The summed E-state index contributed by atoms with van der Waals surface area (Å²) in [5, 5.41) is 20.4. The zero-order chi connectivity index (χ0) is 25.8. The standard InChI is InChI=1S/C21H16ClF2N9O3/c1-10(13-7-11(23)8-26-18(13)24)36-21(35)28-19-17(31-32-33(19)2)14-4-3-12(9-25-14)27-20(34)15-5-6-16(22)30-29-15/h3-10H,1-2H3,(H,27,34)(H,28,35)/t10-/m1/s1. The van der Waals surface area contributed by atoms with Crippen molar-refractivity contribution in [1.29, 1.82) is 0 Å². The van der Waals surface area contributed by atoms with Crippen molar-refractivity contribution in [3.8, 4) is 11.4 Å². The van der Waals surface area contributed by atoms with E-state index in [1.54, 1.807) is 12.1 Å². The SMILES string of the molecule is C[C@@H](OC(=O)Nc1c(-c2ccc(NC(=O)c3ccc(Cl)nn3)cn2)nnn1C)c1cc(F)cnc1F. The smallest absolute Gasteiger partial charge is 0.413 e. The van der Waals surface area contributed by atoms with E-state index >= 15 is 0 Å². The highest BCUT2D eigenvalue weighted by atomic mass is 35.5. The fourth-order valence-electron chi connectivity index (χ4n) is 2.98. The summed E-state index contributed by atoms with van der Waals surface area (Å²) in [5.41, 5.74) is 0.707. The lowest BCUT2D eigenvalue weighted by atomic mass is 10.2. The predicted octanol–water partition coefficient (Wildman–Crippen LogP) is 3.56. The molecule has 4 aromatic rings. The van der Waals surface area contributed by atoms with Gasteiger partial charge in [0, 0.05) is 7.05 Å². The fourth-order valence-corrected chi connectivity index (χ4v) is 3.08. The van der Waals surface area contributed by atoms with Gasteiger partial charge in [0.1, 0.15) is 11.9 Å². The molecule has 0 aliphatic carbocycles. The molecule has 12 nitrogen and oxygen atoms in total. The molecule has 0 unspecified atom stereocenters. The topological polar surface area (TPSA) is 150 Å². The first-order chi connectivity index (χ1) is 17.2. The van der Waals surface area contributed by atoms with Gasteiger partial charge >= 0.3 is 6.09 Å². The molecule has 0 aliphatic rings. The van der Waals surface area contributed by atoms with E-state index in [-0.39, 0.29) is 27.9 Å². The van der Waals surface area contributed by atoms with Crippen LogP contribution in [0, 0.1) is 11.8 Å². The number of hydrogen-bond donors (Lipinski definition) is 2. The predicted molar refractivity (Wildman–Crippen MR) is 122 cm³/mol. The molecule has 0 aromatic carbocycles. The van der Waals surface area contributed by atoms with Crippen molar-refractivity contribution in [1.82, 2.24) is 35.2 Å². The molecule has 4 aromatic heterocycles. The van der Waals surface area contributed by atoms with Crippen molar-refractivity contribution in [3.05, 3.63) is 70.9 Å². The number of ether oxygens (including phenoxy) is 1. The van der Waals surface area contributed by atoms with Gasteiger partial charge in [-0.05, 0) is 37.3 Å². The van der Waals surface area contributed by atoms with Crippen LogP contribution in [0.1, 0.15) is 29.1 Å². The molecule has 0 bridgehead atoms. The molecule has 15 heteroatoms. The van der Waals surface area contributed by atoms with Crippen LogP contribution in [0.3, 0.4) is 0 Å². The fraction of sp³-hybridized carbons (Fsp3) is 0.143. The highest BCUT2D eigenvalue weighted by molar-refractivity contribution is 6.29. The van der Waals surface area contributed by atoms with Crippen LogP contribution < -0.4 is 10.6 Å². The van der Waals surface area contributed by atoms with E-state index in [1.807, 2.05) is 0 Å². The molecule has 1 atom stereocenters. The number of anilines is 2. The second-order valence-electron chi connectivity index (χ2n) is 7.24. The minimum Gasteiger partial charge on any atom is -0.441 e. The van der Waals surface area contributed by atoms with E-state index in [9.17, 15) is 18.4 Å². The molecular weight excluding hydrogens is 500 g/mol. The number of nitrogens with one attached hydrogen (secondary N) is 2. The zero-order valence-corrected chi connectivity index (χ0v) is 19.4. The lowest BCUT2D eigenvalue weighted by Crippen LogP contribution is -2.19. The van der Waals surface area contributed by atoms with E-state index in [1.165, 1.54) is 37.0 Å². The van der Waals surface area contributed by atoms with Gasteiger partial charge in [0.2, 0.25) is 5.95 Å². The molecule has 0 saturated heterocycles. The van der Waals surface area contributed by atoms with Gasteiger partial charge in [-0.1, -0.05) is 16.8 Å². The minimum absolute atomic E-state index is 0.0607. The maximum atomic E-state index is 13.9. The van der Waals surface area contributed by atoms with Crippen molar-refractivity contribution in [3.63, 3.8) is 0 Å². The second kappa shape index (κ2) is 10.4. The first-order valence-corrected chi connectivity index (χ1v) is 10.5. The van der Waals surface area contributed by atoms with Crippen LogP contribution in [0.4, 0.5) is 25.1 Å². The molecule has 4 heterocycles. The molecule has 0 fully saturated rings. The average molecular weight is 516 g/mol. The monoisotopic (exact) mass is 515 g/mol. The Labute approximate surface area is 206 Å². The molecule has 0 aliphatic heterocycles. The maximum absolute atomic E-state index is 13.9. The molecule has 0 spiro atoms. The minimum atomic E-state index is -1.14. The number of aromatic nitrogens is 7. The molecule has 2 N–H and O–H groups in total. The van der Waals surface area contributed by atoms with Gasteiger partial charge in [-0.3, -0.25) is 15.1 Å². The third-order valence-electron chi connectivity index (χ3n) is 4.73. The quantitative estimate of drug-likeness (QED) is 0.367. The highest BCUT2D eigenvalue weighted by Crippen LogP contribution is 2.26. The van der Waals surface area contributed by atoms with Crippen LogP contribution in [0.5, 0.6) is 0 Å². The zero-order valence-electron chi connectivity index (χ0n) is 18.6. The van der Waals surface area contributed by atoms with Gasteiger partial charge < -0.3 is 10.1 Å². The number of rotatable bonds is 6. The Morgan fingerprint density at radius 1 is 1.06 bits per heavy atom. The van der Waals surface area contributed by atoms with Crippen molar-refractivity contribution >= 4 is 35.1 Å². The van der Waals surface area contributed by atoms with E-state index in [0.717, 1.165) is 6.07 Å². The second-order valence-corrected chi connectivity index (χ2v) is 7.63. The number of amides is 2. The van der Waals surface area contributed by atoms with Gasteiger partial charge in [-0.2, -0.15) is 4.39 Å². The molecule has 36 heavy (non-hydrogen) atoms. The van der Waals surface area contributed by atoms with Gasteiger partial charge in [0.25, 0.3) is 5.91 Å². The normalized spacial score (nSPS) is 11.6. The molecule has 0 saturated carbocycles. The van der Waals surface area contributed by atoms with Crippen LogP contribution in [0.2, 0.25) is 5.15 Å². The number of pyridine rings is 2. The van der Waals surface area contributed by atoms with Crippen molar-refractivity contribution in [2.75, 3.05) is 10.6 Å². The summed E-state index contributed by atoms with van der Waals surface area (Å²) in [5.74, 6) is -2.12. The summed E-state index contributed by atoms with van der Waals surface area (Å²) >= 11 is 5.67. The first-order valence-electron chi connectivity index (χ1n) is 10.2. The third-order valence-corrected chi connectivity index (χ3v) is 4.93. The van der Waals surface area contributed by atoms with E-state index in [4.69, 9.17) is 16.3 Å². The summed E-state index contributed by atoms with van der Waals surface area (Å²) in [6.07, 6.45) is -0.0147. The lowest BCUT2D eigenvalue weighted by Gasteiger charge is -2.15. The Bertz CT molecular complexity index is 1420. The number of hydrogen-bond acceptors (Lipinski definition) is 9. The van der Waals surface area contributed by atoms with Crippen molar-refractivity contribution in [2.45, 2.75) is 13.0 Å². The summed E-state index contributed by atoms with van der Waals surface area (Å²) in [6.45, 7) is 1.37. The summed E-state index contributed by atoms with van der Waals surface area (Å²) in [4.78, 5) is 32.2. The van der Waals surface area contributed by atoms with Crippen LogP contribution in [0.25, 0.3) is 11.4 Å². The molecule has 2 amide bonds. The first kappa shape index (κ1) is 24.5. The van der Waals surface area contributed by atoms with Gasteiger partial charge in [-0.15, -0.1) is 15.3 Å². The van der Waals surface area contributed by atoms with Crippen LogP contribution in [-0.2, 0) is 11.8 Å². The summed E-state index contributed by atoms with van der Waals surface area (Å²) in [6, 6.07) is 6.84. The van der Waals surface area contributed by atoms with Crippen molar-refractivity contribution in [2.24, 2.45) is 7.05 Å². The maximum Gasteiger partial charge on any atom is 0.413 e. The molecular formula is C21H16ClF2N9O3. The molecule has 4 rings (SSSR count). The number of carbonyl (C=O) groups is 2. The van der Waals surface area contributed by atoms with Crippen LogP contribution in [0.15, 0.2) is 42.7 Å². The summed E-state index contributed by atoms with van der Waals surface area (Å²) < 4.78 is 33.7. The van der Waals surface area contributed by atoms with Crippen LogP contribution >= 0.6 is 11.6 Å². The Kier molecular flexibility index (Phi) is 7.05. The summed E-state index contributed by atoms with van der Waals surface area (Å²) in [7, 11) is 1.52. The average Bonchev–Trinajstić information content (AvgIpc) is 3.21. The largest absolute Gasteiger partial charge is 0.441 e. The third kappa shape index (κ3) is 5.55. The van der Waals surface area contributed by atoms with E-state index in [2.05, 4.69) is 41.1 Å².